The molecule has 0 unspecified atom stereocenters. The van der Waals surface area contributed by atoms with E-state index in [4.69, 9.17) is 25.8 Å². The smallest absolute Gasteiger partial charge is 0.407 e. The van der Waals surface area contributed by atoms with E-state index in [-0.39, 0.29) is 6.61 Å². The van der Waals surface area contributed by atoms with Crippen molar-refractivity contribution in [3.05, 3.63) is 71.4 Å². The molecule has 12 heteroatoms. The summed E-state index contributed by atoms with van der Waals surface area (Å²) in [7, 11) is 3.19. The number of benzene rings is 3. The van der Waals surface area contributed by atoms with Crippen LogP contribution in [-0.2, 0) is 6.54 Å². The summed E-state index contributed by atoms with van der Waals surface area (Å²) in [5.41, 5.74) is 3.61. The molecule has 5 rings (SSSR count). The van der Waals surface area contributed by atoms with Crippen LogP contribution in [0.3, 0.4) is 0 Å². The lowest BCUT2D eigenvalue weighted by Gasteiger charge is -2.21. The summed E-state index contributed by atoms with van der Waals surface area (Å²) >= 11 is 6.29. The molecule has 0 spiro atoms. The van der Waals surface area contributed by atoms with Gasteiger partial charge in [0.2, 0.25) is 0 Å². The fourth-order valence-electron chi connectivity index (χ4n) is 4.87. The first kappa shape index (κ1) is 28.2. The average molecular weight is 585 g/mol. The van der Waals surface area contributed by atoms with Crippen LogP contribution in [0.2, 0.25) is 5.02 Å². The number of halogens is 3. The Labute approximate surface area is 239 Å². The van der Waals surface area contributed by atoms with Gasteiger partial charge in [0, 0.05) is 40.6 Å². The summed E-state index contributed by atoms with van der Waals surface area (Å²) in [6, 6.07) is 15.1. The molecule has 0 bridgehead atoms. The summed E-state index contributed by atoms with van der Waals surface area (Å²) in [4.78, 5) is 12.2. The molecule has 0 radical (unpaired) electrons. The van der Waals surface area contributed by atoms with E-state index in [1.807, 2.05) is 36.4 Å². The van der Waals surface area contributed by atoms with Crippen molar-refractivity contribution in [1.82, 2.24) is 15.1 Å². The van der Waals surface area contributed by atoms with Gasteiger partial charge in [0.05, 0.1) is 44.2 Å². The molecule has 214 valence electrons. The van der Waals surface area contributed by atoms with Gasteiger partial charge in [-0.15, -0.1) is 0 Å². The van der Waals surface area contributed by atoms with Crippen LogP contribution in [0.4, 0.5) is 19.3 Å². The number of hydrogen-bond donors (Lipinski definition) is 2. The zero-order valence-electron chi connectivity index (χ0n) is 22.2. The normalized spacial score (nSPS) is 16.0. The number of ether oxygens (including phenoxy) is 3. The highest BCUT2D eigenvalue weighted by molar-refractivity contribution is 6.31. The molecule has 2 heterocycles. The van der Waals surface area contributed by atoms with E-state index in [0.29, 0.717) is 45.5 Å². The molecule has 1 aliphatic rings. The van der Waals surface area contributed by atoms with Crippen molar-refractivity contribution in [2.24, 2.45) is 0 Å². The van der Waals surface area contributed by atoms with E-state index < -0.39 is 31.0 Å². The summed E-state index contributed by atoms with van der Waals surface area (Å²) < 4.78 is 44.5. The van der Waals surface area contributed by atoms with Crippen molar-refractivity contribution in [2.45, 2.75) is 24.9 Å². The molecule has 1 aliphatic heterocycles. The van der Waals surface area contributed by atoms with Crippen LogP contribution in [0.15, 0.2) is 60.8 Å². The highest BCUT2D eigenvalue weighted by Gasteiger charge is 2.47. The Morgan fingerprint density at radius 3 is 2.71 bits per heavy atom. The quantitative estimate of drug-likeness (QED) is 0.235. The molecule has 9 nitrogen and oxygen atoms in total. The van der Waals surface area contributed by atoms with Gasteiger partial charge in [-0.2, -0.15) is 10.2 Å². The molecule has 2 N–H and O–H groups in total. The van der Waals surface area contributed by atoms with Crippen LogP contribution in [-0.4, -0.2) is 65.6 Å². The number of nitrogens with zero attached hydrogens (tertiary/aromatic N) is 3. The van der Waals surface area contributed by atoms with Gasteiger partial charge >= 0.3 is 6.09 Å². The van der Waals surface area contributed by atoms with Crippen LogP contribution in [0.5, 0.6) is 17.2 Å². The third-order valence-corrected chi connectivity index (χ3v) is 7.15. The number of alkyl halides is 2. The highest BCUT2D eigenvalue weighted by atomic mass is 35.5. The van der Waals surface area contributed by atoms with Gasteiger partial charge in [-0.1, -0.05) is 17.7 Å². The molecule has 1 fully saturated rings. The van der Waals surface area contributed by atoms with Crippen LogP contribution >= 0.6 is 11.6 Å². The minimum absolute atomic E-state index is 0.229. The molecule has 1 saturated heterocycles. The van der Waals surface area contributed by atoms with E-state index in [1.54, 1.807) is 38.6 Å². The monoisotopic (exact) mass is 584 g/mol. The predicted molar refractivity (Wildman–Crippen MR) is 150 cm³/mol. The Kier molecular flexibility index (Phi) is 7.98. The maximum atomic E-state index is 13.9. The van der Waals surface area contributed by atoms with Crippen LogP contribution in [0.1, 0.15) is 12.0 Å². The fourth-order valence-corrected chi connectivity index (χ4v) is 5.04. The minimum atomic E-state index is -3.10. The number of amides is 1. The minimum Gasteiger partial charge on any atom is -0.497 e. The van der Waals surface area contributed by atoms with E-state index in [9.17, 15) is 18.7 Å². The number of carbonyl (C=O) groups is 1. The second kappa shape index (κ2) is 11.6. The van der Waals surface area contributed by atoms with Crippen molar-refractivity contribution >= 4 is 34.3 Å². The first-order chi connectivity index (χ1) is 19.7. The predicted octanol–water partition coefficient (Wildman–Crippen LogP) is 6.35. The van der Waals surface area contributed by atoms with Gasteiger partial charge in [0.15, 0.2) is 0 Å². The Bertz CT molecular complexity index is 1590. The lowest BCUT2D eigenvalue weighted by Crippen LogP contribution is -2.38. The Hall–Kier alpha value is -4.38. The molecular weight excluding hydrogens is 558 g/mol. The summed E-state index contributed by atoms with van der Waals surface area (Å²) in [6.45, 7) is -0.614. The molecule has 4 aromatic rings. The number of nitrogens with one attached hydrogen (secondary N) is 1. The van der Waals surface area contributed by atoms with Crippen LogP contribution in [0, 0.1) is 0 Å². The van der Waals surface area contributed by atoms with Gasteiger partial charge in [0.25, 0.3) is 5.92 Å². The Balaban J connectivity index is 1.38. The standard InChI is InChI=1S/C29H27ClF2N4O5/c1-39-21-6-3-18(27(11-21)40-2)13-33-25-14-34-35-24-9-17(4-7-22(24)25)23-10-19(30)5-8-26(23)41-15-20-12-29(31,32)16-36(20)28(37)38/h3-11,14,20H,12-13,15-16H2,1-2H3,(H,33,35)(H,37,38)/t20-/m0/s1. The lowest BCUT2D eigenvalue weighted by molar-refractivity contribution is 0.0124. The summed E-state index contributed by atoms with van der Waals surface area (Å²) in [5, 5.41) is 22.4. The van der Waals surface area contributed by atoms with Crippen molar-refractivity contribution in [1.29, 1.82) is 0 Å². The topological polar surface area (TPSA) is 106 Å². The molecule has 0 aliphatic carbocycles. The number of fused-ring (bicyclic) bond motifs is 1. The summed E-state index contributed by atoms with van der Waals surface area (Å²) in [5.74, 6) is -1.34. The molecular formula is C29H27ClF2N4O5. The molecule has 1 amide bonds. The van der Waals surface area contributed by atoms with Gasteiger partial charge in [0.1, 0.15) is 23.9 Å². The lowest BCUT2D eigenvalue weighted by atomic mass is 10.0. The number of anilines is 1. The Morgan fingerprint density at radius 2 is 1.95 bits per heavy atom. The zero-order chi connectivity index (χ0) is 29.1. The number of hydrogen-bond acceptors (Lipinski definition) is 7. The largest absolute Gasteiger partial charge is 0.497 e. The highest BCUT2D eigenvalue weighted by Crippen LogP contribution is 2.37. The number of methoxy groups -OCH3 is 2. The van der Waals surface area contributed by atoms with Gasteiger partial charge in [-0.05, 0) is 48.0 Å². The Morgan fingerprint density at radius 1 is 1.12 bits per heavy atom. The molecule has 0 saturated carbocycles. The van der Waals surface area contributed by atoms with Crippen molar-refractivity contribution < 1.29 is 32.9 Å². The molecule has 1 atom stereocenters. The van der Waals surface area contributed by atoms with Crippen molar-refractivity contribution in [3.8, 4) is 28.4 Å². The van der Waals surface area contributed by atoms with Gasteiger partial charge in [-0.25, -0.2) is 13.6 Å². The molecule has 3 aromatic carbocycles. The van der Waals surface area contributed by atoms with Gasteiger partial charge < -0.3 is 24.6 Å². The third-order valence-electron chi connectivity index (χ3n) is 6.91. The van der Waals surface area contributed by atoms with E-state index in [1.165, 1.54) is 0 Å². The number of likely N-dealkylation sites (tertiary alicyclic amines) is 1. The van der Waals surface area contributed by atoms with Gasteiger partial charge in [-0.3, -0.25) is 4.90 Å². The first-order valence-corrected chi connectivity index (χ1v) is 13.1. The zero-order valence-corrected chi connectivity index (χ0v) is 23.0. The third kappa shape index (κ3) is 6.19. The number of rotatable bonds is 9. The molecule has 1 aromatic heterocycles. The van der Waals surface area contributed by atoms with Crippen LogP contribution < -0.4 is 19.5 Å². The maximum absolute atomic E-state index is 13.9. The van der Waals surface area contributed by atoms with E-state index in [2.05, 4.69) is 15.5 Å². The average Bonchev–Trinajstić information content (AvgIpc) is 3.29. The second-order valence-corrected chi connectivity index (χ2v) is 10.0. The first-order valence-electron chi connectivity index (χ1n) is 12.7. The maximum Gasteiger partial charge on any atom is 0.407 e. The SMILES string of the molecule is COc1ccc(CNc2cnnc3cc(-c4cc(Cl)ccc4OC[C@@H]4CC(F)(F)CN4C(=O)O)ccc23)c(OC)c1. The van der Waals surface area contributed by atoms with E-state index in [0.717, 1.165) is 21.5 Å². The fraction of sp³-hybridized carbons (Fsp3) is 0.276. The number of carboxylic acid groups (broad SMARTS) is 1. The summed E-state index contributed by atoms with van der Waals surface area (Å²) in [6.07, 6.45) is -0.376. The van der Waals surface area contributed by atoms with E-state index >= 15 is 0 Å². The van der Waals surface area contributed by atoms with Crippen molar-refractivity contribution in [3.63, 3.8) is 0 Å². The van der Waals surface area contributed by atoms with Crippen LogP contribution in [0.25, 0.3) is 22.0 Å². The second-order valence-electron chi connectivity index (χ2n) is 9.60. The number of aromatic nitrogens is 2. The van der Waals surface area contributed by atoms with Crippen molar-refractivity contribution in [2.75, 3.05) is 32.7 Å². The molecule has 41 heavy (non-hydrogen) atoms.